The van der Waals surface area contributed by atoms with E-state index >= 15 is 4.39 Å². The Kier molecular flexibility index (Phi) is 5.80. The molecule has 3 aromatic heterocycles. The first kappa shape index (κ1) is 22.1. The fraction of sp³-hybridized carbons (Fsp3) is 0.261. The van der Waals surface area contributed by atoms with Gasteiger partial charge in [0, 0.05) is 35.4 Å². The number of nitrogens with two attached hydrogens (primary N) is 1. The first-order valence-electron chi connectivity index (χ1n) is 10.8. The molecule has 2 amide bonds. The number of amides is 2. The molecule has 174 valence electrons. The van der Waals surface area contributed by atoms with Crippen LogP contribution >= 0.6 is 11.3 Å². The number of aryl methyl sites for hydroxylation is 1. The maximum Gasteiger partial charge on any atom is 0.262 e. The normalized spacial score (nSPS) is 16.0. The lowest BCUT2D eigenvalue weighted by Crippen LogP contribution is -2.49. The average Bonchev–Trinajstić information content (AvgIpc) is 3.47. The van der Waals surface area contributed by atoms with Crippen LogP contribution in [0.15, 0.2) is 42.7 Å². The van der Waals surface area contributed by atoms with Crippen molar-refractivity contribution >= 4 is 39.1 Å². The molecule has 0 aliphatic carbocycles. The van der Waals surface area contributed by atoms with Gasteiger partial charge in [0.2, 0.25) is 0 Å². The number of hydrogen-bond acceptors (Lipinski definition) is 7. The number of thiophene rings is 1. The van der Waals surface area contributed by atoms with Crippen LogP contribution in [0.4, 0.5) is 10.2 Å². The maximum absolute atomic E-state index is 15.3. The van der Waals surface area contributed by atoms with E-state index in [0.717, 1.165) is 24.1 Å². The van der Waals surface area contributed by atoms with Crippen LogP contribution < -0.4 is 16.0 Å². The van der Waals surface area contributed by atoms with Crippen LogP contribution in [0.3, 0.4) is 0 Å². The summed E-state index contributed by atoms with van der Waals surface area (Å²) >= 11 is 1.24. The minimum absolute atomic E-state index is 0.0672. The van der Waals surface area contributed by atoms with Crippen molar-refractivity contribution in [3.8, 4) is 11.3 Å². The summed E-state index contributed by atoms with van der Waals surface area (Å²) < 4.78 is 17.6. The summed E-state index contributed by atoms with van der Waals surface area (Å²) in [4.78, 5) is 32.0. The molecule has 1 aliphatic heterocycles. The summed E-state index contributed by atoms with van der Waals surface area (Å²) in [6, 6.07) is 7.60. The molecule has 3 N–H and O–H groups in total. The Labute approximate surface area is 198 Å². The number of primary amides is 1. The number of nitrogens with zero attached hydrogens (tertiary/aromatic N) is 5. The largest absolute Gasteiger partial charge is 0.365 e. The van der Waals surface area contributed by atoms with Gasteiger partial charge in [0.1, 0.15) is 17.3 Å². The van der Waals surface area contributed by atoms with Gasteiger partial charge in [-0.25, -0.2) is 9.37 Å². The predicted octanol–water partition coefficient (Wildman–Crippen LogP) is 2.73. The number of benzene rings is 1. The number of carbonyl (C=O) groups excluding carboxylic acids is 2. The molecule has 0 radical (unpaired) electrons. The first-order chi connectivity index (χ1) is 16.4. The molecule has 34 heavy (non-hydrogen) atoms. The number of pyridine rings is 1. The smallest absolute Gasteiger partial charge is 0.262 e. The van der Waals surface area contributed by atoms with Crippen molar-refractivity contribution in [3.63, 3.8) is 0 Å². The fourth-order valence-corrected chi connectivity index (χ4v) is 5.11. The van der Waals surface area contributed by atoms with Crippen molar-refractivity contribution in [3.05, 3.63) is 59.0 Å². The quantitative estimate of drug-likeness (QED) is 0.454. The number of nitrogens with one attached hydrogen (secondary N) is 1. The zero-order valence-electron chi connectivity index (χ0n) is 18.4. The van der Waals surface area contributed by atoms with Crippen molar-refractivity contribution in [2.75, 3.05) is 18.0 Å². The monoisotopic (exact) mass is 479 g/mol. The van der Waals surface area contributed by atoms with E-state index in [-0.39, 0.29) is 11.6 Å². The average molecular weight is 480 g/mol. The number of hydrogen-bond donors (Lipinski definition) is 2. The lowest BCUT2D eigenvalue weighted by Gasteiger charge is -2.34. The molecule has 1 fully saturated rings. The molecule has 1 aromatic carbocycles. The third kappa shape index (κ3) is 4.03. The summed E-state index contributed by atoms with van der Waals surface area (Å²) in [6.45, 7) is 1.40. The lowest BCUT2D eigenvalue weighted by molar-refractivity contribution is 0.0966. The second-order valence-electron chi connectivity index (χ2n) is 8.17. The van der Waals surface area contributed by atoms with Crippen molar-refractivity contribution in [2.45, 2.75) is 18.9 Å². The minimum Gasteiger partial charge on any atom is -0.365 e. The van der Waals surface area contributed by atoms with Gasteiger partial charge in [0.25, 0.3) is 11.8 Å². The van der Waals surface area contributed by atoms with Crippen LogP contribution in [0.2, 0.25) is 0 Å². The van der Waals surface area contributed by atoms with Crippen molar-refractivity contribution < 1.29 is 14.0 Å². The maximum atomic E-state index is 15.3. The molecule has 1 saturated heterocycles. The van der Waals surface area contributed by atoms with E-state index in [1.165, 1.54) is 28.2 Å². The van der Waals surface area contributed by atoms with E-state index < -0.39 is 17.6 Å². The molecular formula is C23H22FN7O2S. The van der Waals surface area contributed by atoms with Gasteiger partial charge in [-0.3, -0.25) is 19.2 Å². The molecule has 1 atom stereocenters. The summed E-state index contributed by atoms with van der Waals surface area (Å²) in [6.07, 6.45) is 4.87. The molecule has 0 bridgehead atoms. The number of carbonyl (C=O) groups is 2. The second-order valence-corrected chi connectivity index (χ2v) is 9.25. The van der Waals surface area contributed by atoms with E-state index in [2.05, 4.69) is 20.6 Å². The topological polar surface area (TPSA) is 119 Å². The van der Waals surface area contributed by atoms with Crippen LogP contribution in [0, 0.1) is 5.82 Å². The van der Waals surface area contributed by atoms with Crippen molar-refractivity contribution in [1.29, 1.82) is 0 Å². The molecule has 4 aromatic rings. The number of halogens is 1. The third-order valence-corrected chi connectivity index (χ3v) is 6.96. The molecule has 1 aliphatic rings. The van der Waals surface area contributed by atoms with Crippen molar-refractivity contribution in [1.82, 2.24) is 25.3 Å². The van der Waals surface area contributed by atoms with E-state index in [9.17, 15) is 9.59 Å². The Morgan fingerprint density at radius 1 is 1.29 bits per heavy atom. The summed E-state index contributed by atoms with van der Waals surface area (Å²) in [7, 11) is 1.72. The highest BCUT2D eigenvalue weighted by Gasteiger charge is 2.32. The fourth-order valence-electron chi connectivity index (χ4n) is 4.21. The molecule has 0 spiro atoms. The highest BCUT2D eigenvalue weighted by molar-refractivity contribution is 7.20. The molecule has 9 nitrogen and oxygen atoms in total. The van der Waals surface area contributed by atoms with Crippen LogP contribution in [0.1, 0.15) is 32.9 Å². The third-order valence-electron chi connectivity index (χ3n) is 5.85. The highest BCUT2D eigenvalue weighted by Crippen LogP contribution is 2.34. The molecule has 0 unspecified atom stereocenters. The molecule has 11 heteroatoms. The van der Waals surface area contributed by atoms with Gasteiger partial charge < -0.3 is 11.1 Å². The van der Waals surface area contributed by atoms with Crippen LogP contribution in [0.25, 0.3) is 21.3 Å². The van der Waals surface area contributed by atoms with E-state index in [1.54, 1.807) is 42.5 Å². The van der Waals surface area contributed by atoms with Gasteiger partial charge in [-0.2, -0.15) is 0 Å². The van der Waals surface area contributed by atoms with Gasteiger partial charge in [0.05, 0.1) is 22.7 Å². The summed E-state index contributed by atoms with van der Waals surface area (Å²) in [5, 5.41) is 11.8. The van der Waals surface area contributed by atoms with E-state index in [1.807, 2.05) is 0 Å². The highest BCUT2D eigenvalue weighted by atomic mass is 32.1. The number of piperidine rings is 1. The second kappa shape index (κ2) is 8.92. The van der Waals surface area contributed by atoms with Gasteiger partial charge in [-0.15, -0.1) is 16.4 Å². The Bertz CT molecular complexity index is 1390. The minimum atomic E-state index is -0.655. The SMILES string of the molecule is Cn1cc(-c2ccc(C(=O)N(c3nccc4sc(C(N)=O)cc34)[C@@H]3CCCNC3)c(F)c2)nn1. The number of aromatic nitrogens is 4. The first-order valence-corrected chi connectivity index (χ1v) is 11.6. The number of anilines is 1. The Hall–Kier alpha value is -3.70. The standard InChI is InChI=1S/C23H22FN7O2S/c1-30-12-18(28-29-30)13-4-5-15(17(24)9-13)23(33)31(14-3-2-7-26-11-14)22-16-10-20(21(25)32)34-19(16)6-8-27-22/h4-6,8-10,12,14,26H,2-3,7,11H2,1H3,(H2,25,32)/t14-/m1/s1. The Morgan fingerprint density at radius 3 is 2.82 bits per heavy atom. The summed E-state index contributed by atoms with van der Waals surface area (Å²) in [5.41, 5.74) is 6.45. The van der Waals surface area contributed by atoms with Gasteiger partial charge in [-0.1, -0.05) is 11.3 Å². The van der Waals surface area contributed by atoms with Gasteiger partial charge in [0.15, 0.2) is 0 Å². The Balaban J connectivity index is 1.59. The molecular weight excluding hydrogens is 457 g/mol. The molecule has 4 heterocycles. The Morgan fingerprint density at radius 2 is 2.15 bits per heavy atom. The number of rotatable bonds is 5. The number of fused-ring (bicyclic) bond motifs is 1. The summed E-state index contributed by atoms with van der Waals surface area (Å²) in [5.74, 6) is -1.31. The molecule has 0 saturated carbocycles. The zero-order chi connectivity index (χ0) is 23.8. The molecule has 5 rings (SSSR count). The van der Waals surface area contributed by atoms with Gasteiger partial charge in [-0.05, 0) is 43.7 Å². The van der Waals surface area contributed by atoms with Crippen LogP contribution in [0.5, 0.6) is 0 Å². The zero-order valence-corrected chi connectivity index (χ0v) is 19.2. The van der Waals surface area contributed by atoms with Crippen LogP contribution in [-0.2, 0) is 7.05 Å². The van der Waals surface area contributed by atoms with E-state index in [4.69, 9.17) is 5.73 Å². The van der Waals surface area contributed by atoms with Crippen LogP contribution in [-0.4, -0.2) is 50.9 Å². The van der Waals surface area contributed by atoms with E-state index in [0.29, 0.717) is 33.9 Å². The predicted molar refractivity (Wildman–Crippen MR) is 127 cm³/mol. The van der Waals surface area contributed by atoms with Gasteiger partial charge >= 0.3 is 0 Å². The van der Waals surface area contributed by atoms with Crippen molar-refractivity contribution in [2.24, 2.45) is 12.8 Å². The lowest BCUT2D eigenvalue weighted by atomic mass is 10.0.